The van der Waals surface area contributed by atoms with Crippen LogP contribution in [0, 0.1) is 5.82 Å². The van der Waals surface area contributed by atoms with Gasteiger partial charge in [0, 0.05) is 16.5 Å². The van der Waals surface area contributed by atoms with Crippen molar-refractivity contribution in [2.45, 2.75) is 6.04 Å². The summed E-state index contributed by atoms with van der Waals surface area (Å²) < 4.78 is 13.2. The highest BCUT2D eigenvalue weighted by atomic mass is 35.5. The number of hydrogen-bond donors (Lipinski definition) is 3. The van der Waals surface area contributed by atoms with Gasteiger partial charge in [-0.05, 0) is 17.5 Å². The van der Waals surface area contributed by atoms with Crippen LogP contribution in [-0.2, 0) is 0 Å². The molecule has 0 bridgehead atoms. The van der Waals surface area contributed by atoms with Crippen molar-refractivity contribution in [1.29, 1.82) is 0 Å². The lowest BCUT2D eigenvalue weighted by Gasteiger charge is -2.13. The third kappa shape index (κ3) is 2.69. The molecule has 0 aliphatic rings. The number of aromatic hydroxyl groups is 1. The van der Waals surface area contributed by atoms with Crippen LogP contribution in [0.4, 0.5) is 10.1 Å². The Morgan fingerprint density at radius 1 is 1.35 bits per heavy atom. The molecule has 1 heterocycles. The van der Waals surface area contributed by atoms with Gasteiger partial charge >= 0.3 is 0 Å². The van der Waals surface area contributed by atoms with Gasteiger partial charge in [-0.2, -0.15) is 0 Å². The molecule has 0 aliphatic carbocycles. The Balaban J connectivity index is 0.00000144. The minimum atomic E-state index is -0.557. The van der Waals surface area contributed by atoms with E-state index >= 15 is 0 Å². The van der Waals surface area contributed by atoms with Crippen molar-refractivity contribution < 1.29 is 9.50 Å². The van der Waals surface area contributed by atoms with Gasteiger partial charge in [0.05, 0.1) is 11.7 Å². The second-order valence-corrected chi connectivity index (χ2v) is 4.41. The molecule has 0 saturated heterocycles. The van der Waals surface area contributed by atoms with Crippen LogP contribution in [0.5, 0.6) is 5.75 Å². The van der Waals surface area contributed by atoms with Crippen LogP contribution in [0.2, 0.25) is 0 Å². The van der Waals surface area contributed by atoms with Crippen LogP contribution in [0.15, 0.2) is 29.6 Å². The summed E-state index contributed by atoms with van der Waals surface area (Å²) in [6.45, 7) is 0. The van der Waals surface area contributed by atoms with Gasteiger partial charge in [-0.15, -0.1) is 23.7 Å². The van der Waals surface area contributed by atoms with Crippen LogP contribution >= 0.6 is 23.7 Å². The van der Waals surface area contributed by atoms with E-state index in [2.05, 4.69) is 0 Å². The van der Waals surface area contributed by atoms with Gasteiger partial charge in [0.2, 0.25) is 0 Å². The van der Waals surface area contributed by atoms with Crippen molar-refractivity contribution in [2.75, 3.05) is 5.73 Å². The van der Waals surface area contributed by atoms with E-state index in [1.165, 1.54) is 17.4 Å². The van der Waals surface area contributed by atoms with Crippen LogP contribution in [0.1, 0.15) is 16.5 Å². The van der Waals surface area contributed by atoms with Crippen LogP contribution in [0.25, 0.3) is 0 Å². The molecule has 3 nitrogen and oxygen atoms in total. The highest BCUT2D eigenvalue weighted by Crippen LogP contribution is 2.34. The van der Waals surface area contributed by atoms with Gasteiger partial charge in [-0.25, -0.2) is 4.39 Å². The first-order valence-corrected chi connectivity index (χ1v) is 5.54. The molecule has 0 fully saturated rings. The summed E-state index contributed by atoms with van der Waals surface area (Å²) in [5.74, 6) is -0.653. The SMILES string of the molecule is Cl.Nc1cc(F)cc([C@H](N)c2cccs2)c1O. The van der Waals surface area contributed by atoms with E-state index in [1.54, 1.807) is 0 Å². The molecule has 0 saturated carbocycles. The average Bonchev–Trinajstić information content (AvgIpc) is 2.75. The molecular weight excluding hydrogens is 263 g/mol. The first kappa shape index (κ1) is 13.8. The van der Waals surface area contributed by atoms with Gasteiger partial charge in [-0.1, -0.05) is 6.07 Å². The third-order valence-corrected chi connectivity index (χ3v) is 3.27. The first-order chi connectivity index (χ1) is 7.59. The molecule has 2 rings (SSSR count). The number of phenols is 1. The Morgan fingerprint density at radius 2 is 2.06 bits per heavy atom. The zero-order valence-corrected chi connectivity index (χ0v) is 10.4. The molecule has 1 aromatic heterocycles. The highest BCUT2D eigenvalue weighted by Gasteiger charge is 2.17. The summed E-state index contributed by atoms with van der Waals surface area (Å²) >= 11 is 1.45. The van der Waals surface area contributed by atoms with Crippen molar-refractivity contribution in [3.05, 3.63) is 45.9 Å². The zero-order valence-electron chi connectivity index (χ0n) is 8.76. The Hall–Kier alpha value is -1.30. The van der Waals surface area contributed by atoms with E-state index < -0.39 is 11.9 Å². The van der Waals surface area contributed by atoms with Crippen LogP contribution < -0.4 is 11.5 Å². The molecule has 17 heavy (non-hydrogen) atoms. The smallest absolute Gasteiger partial charge is 0.143 e. The predicted octanol–water partition coefficient (Wildman–Crippen LogP) is 2.64. The number of phenolic OH excluding ortho intramolecular Hbond substituents is 1. The molecule has 92 valence electrons. The first-order valence-electron chi connectivity index (χ1n) is 4.66. The number of nitrogens with two attached hydrogens (primary N) is 2. The summed E-state index contributed by atoms with van der Waals surface area (Å²) in [6, 6.07) is 5.39. The largest absolute Gasteiger partial charge is 0.505 e. The molecule has 0 spiro atoms. The summed E-state index contributed by atoms with van der Waals surface area (Å²) in [5, 5.41) is 11.6. The number of benzene rings is 1. The minimum Gasteiger partial charge on any atom is -0.505 e. The number of halogens is 2. The molecule has 6 heteroatoms. The zero-order chi connectivity index (χ0) is 11.7. The average molecular weight is 275 g/mol. The topological polar surface area (TPSA) is 72.3 Å². The molecule has 5 N–H and O–H groups in total. The number of hydrogen-bond acceptors (Lipinski definition) is 4. The van der Waals surface area contributed by atoms with E-state index in [0.717, 1.165) is 10.9 Å². The summed E-state index contributed by atoms with van der Waals surface area (Å²) in [4.78, 5) is 0.848. The molecule has 0 unspecified atom stereocenters. The monoisotopic (exact) mass is 274 g/mol. The molecule has 0 amide bonds. The molecule has 0 aliphatic heterocycles. The van der Waals surface area contributed by atoms with Crippen molar-refractivity contribution >= 4 is 29.4 Å². The van der Waals surface area contributed by atoms with E-state index in [-0.39, 0.29) is 23.8 Å². The maximum Gasteiger partial charge on any atom is 0.143 e. The number of nitrogen functional groups attached to an aromatic ring is 1. The van der Waals surface area contributed by atoms with Crippen molar-refractivity contribution in [1.82, 2.24) is 0 Å². The lowest BCUT2D eigenvalue weighted by atomic mass is 10.0. The van der Waals surface area contributed by atoms with Gasteiger partial charge < -0.3 is 16.6 Å². The van der Waals surface area contributed by atoms with Gasteiger partial charge in [0.25, 0.3) is 0 Å². The molecule has 0 radical (unpaired) electrons. The minimum absolute atomic E-state index is 0. The number of rotatable bonds is 2. The maximum atomic E-state index is 13.2. The molecule has 1 aromatic carbocycles. The van der Waals surface area contributed by atoms with Crippen molar-refractivity contribution in [3.8, 4) is 5.75 Å². The second kappa shape index (κ2) is 5.35. The lowest BCUT2D eigenvalue weighted by Crippen LogP contribution is -2.11. The fourth-order valence-electron chi connectivity index (χ4n) is 1.50. The van der Waals surface area contributed by atoms with Gasteiger partial charge in [-0.3, -0.25) is 0 Å². The Kier molecular flexibility index (Phi) is 4.34. The number of anilines is 1. The second-order valence-electron chi connectivity index (χ2n) is 3.43. The van der Waals surface area contributed by atoms with E-state index in [0.29, 0.717) is 5.56 Å². The van der Waals surface area contributed by atoms with E-state index in [9.17, 15) is 9.50 Å². The number of thiophene rings is 1. The van der Waals surface area contributed by atoms with Gasteiger partial charge in [0.1, 0.15) is 11.6 Å². The summed E-state index contributed by atoms with van der Waals surface area (Å²) in [7, 11) is 0. The molecule has 2 aromatic rings. The summed E-state index contributed by atoms with van der Waals surface area (Å²) in [6.07, 6.45) is 0. The van der Waals surface area contributed by atoms with Crippen molar-refractivity contribution in [2.24, 2.45) is 5.73 Å². The summed E-state index contributed by atoms with van der Waals surface area (Å²) in [5.41, 5.74) is 11.7. The van der Waals surface area contributed by atoms with Crippen LogP contribution in [-0.4, -0.2) is 5.11 Å². The standard InChI is InChI=1S/C11H11FN2OS.ClH/c12-6-4-7(11(15)8(13)5-6)10(14)9-2-1-3-16-9;/h1-5,10,15H,13-14H2;1H/t10-;/m0./s1. The van der Waals surface area contributed by atoms with E-state index in [4.69, 9.17) is 11.5 Å². The normalized spacial score (nSPS) is 11.9. The van der Waals surface area contributed by atoms with Crippen LogP contribution in [0.3, 0.4) is 0 Å². The Bertz CT molecular complexity index is 504. The Morgan fingerprint density at radius 3 is 2.65 bits per heavy atom. The fraction of sp³-hybridized carbons (Fsp3) is 0.0909. The molecular formula is C11H12ClFN2OS. The third-order valence-electron chi connectivity index (χ3n) is 2.32. The van der Waals surface area contributed by atoms with Gasteiger partial charge in [0.15, 0.2) is 0 Å². The lowest BCUT2D eigenvalue weighted by molar-refractivity contribution is 0.465. The maximum absolute atomic E-state index is 13.2. The Labute approximate surface area is 108 Å². The fourth-order valence-corrected chi connectivity index (χ4v) is 2.25. The van der Waals surface area contributed by atoms with E-state index in [1.807, 2.05) is 17.5 Å². The quantitative estimate of drug-likeness (QED) is 0.582. The molecule has 1 atom stereocenters. The van der Waals surface area contributed by atoms with Crippen molar-refractivity contribution in [3.63, 3.8) is 0 Å². The highest BCUT2D eigenvalue weighted by molar-refractivity contribution is 7.10. The predicted molar refractivity (Wildman–Crippen MR) is 70.1 cm³/mol.